The van der Waals surface area contributed by atoms with Gasteiger partial charge in [0.25, 0.3) is 0 Å². The van der Waals surface area contributed by atoms with Gasteiger partial charge in [0.2, 0.25) is 10.0 Å². The fraction of sp³-hybridized carbons (Fsp3) is 0.692. The number of sulfonamides is 1. The van der Waals surface area contributed by atoms with Gasteiger partial charge in [-0.05, 0) is 20.3 Å². The number of hydrogen-bond donors (Lipinski definition) is 2. The highest BCUT2D eigenvalue weighted by molar-refractivity contribution is 7.89. The molecule has 1 aromatic heterocycles. The first-order chi connectivity index (χ1) is 10.2. The first-order valence-electron chi connectivity index (χ1n) is 7.18. The van der Waals surface area contributed by atoms with Crippen LogP contribution in [0.1, 0.15) is 32.0 Å². The van der Waals surface area contributed by atoms with E-state index in [1.165, 1.54) is 14.1 Å². The van der Waals surface area contributed by atoms with Gasteiger partial charge in [-0.15, -0.1) is 0 Å². The number of urea groups is 1. The zero-order valence-electron chi connectivity index (χ0n) is 13.8. The van der Waals surface area contributed by atoms with Crippen molar-refractivity contribution < 1.29 is 13.2 Å². The monoisotopic (exact) mass is 331 g/mol. The second kappa shape index (κ2) is 7.59. The third-order valence-corrected chi connectivity index (χ3v) is 5.14. The zero-order valence-corrected chi connectivity index (χ0v) is 14.6. The first-order valence-corrected chi connectivity index (χ1v) is 8.79. The maximum atomic E-state index is 11.9. The zero-order chi connectivity index (χ0) is 16.9. The van der Waals surface area contributed by atoms with Crippen LogP contribution in [0.25, 0.3) is 0 Å². The van der Waals surface area contributed by atoms with E-state index < -0.39 is 16.1 Å². The third kappa shape index (κ3) is 4.99. The Morgan fingerprint density at radius 1 is 1.45 bits per heavy atom. The van der Waals surface area contributed by atoms with E-state index >= 15 is 0 Å². The summed E-state index contributed by atoms with van der Waals surface area (Å²) < 4.78 is 26.1. The highest BCUT2D eigenvalue weighted by Gasteiger charge is 2.15. The van der Waals surface area contributed by atoms with E-state index in [1.807, 2.05) is 20.8 Å². The molecule has 1 heterocycles. The van der Waals surface area contributed by atoms with Gasteiger partial charge in [-0.3, -0.25) is 5.32 Å². The number of carbonyl (C=O) groups is 1. The SMILES string of the molecule is CC[C@H](C)n1nc(C)cc1NC(=O)NCCS(=O)(=O)N(C)C. The van der Waals surface area contributed by atoms with Gasteiger partial charge in [0.05, 0.1) is 17.5 Å². The molecule has 0 spiro atoms. The lowest BCUT2D eigenvalue weighted by molar-refractivity contribution is 0.252. The summed E-state index contributed by atoms with van der Waals surface area (Å²) in [5.41, 5.74) is 0.811. The molecule has 8 nitrogen and oxygen atoms in total. The van der Waals surface area contributed by atoms with E-state index in [2.05, 4.69) is 15.7 Å². The van der Waals surface area contributed by atoms with Gasteiger partial charge >= 0.3 is 6.03 Å². The topological polar surface area (TPSA) is 96.3 Å². The minimum absolute atomic E-state index is 0.0444. The molecule has 0 aliphatic heterocycles. The van der Waals surface area contributed by atoms with Crippen molar-refractivity contribution in [1.82, 2.24) is 19.4 Å². The molecule has 0 saturated heterocycles. The predicted molar refractivity (Wildman–Crippen MR) is 86.5 cm³/mol. The molecule has 2 N–H and O–H groups in total. The van der Waals surface area contributed by atoms with E-state index in [9.17, 15) is 13.2 Å². The van der Waals surface area contributed by atoms with Crippen LogP contribution in [-0.4, -0.2) is 54.9 Å². The smallest absolute Gasteiger partial charge is 0.320 e. The number of nitrogens with zero attached hydrogens (tertiary/aromatic N) is 3. The summed E-state index contributed by atoms with van der Waals surface area (Å²) in [6.07, 6.45) is 0.887. The van der Waals surface area contributed by atoms with Crippen LogP contribution < -0.4 is 10.6 Å². The number of carbonyl (C=O) groups excluding carboxylic acids is 1. The number of rotatable bonds is 7. The molecule has 0 unspecified atom stereocenters. The van der Waals surface area contributed by atoms with Crippen molar-refractivity contribution in [2.24, 2.45) is 0 Å². The molecular formula is C13H25N5O3S. The quantitative estimate of drug-likeness (QED) is 0.784. The van der Waals surface area contributed by atoms with Crippen LogP contribution in [0.2, 0.25) is 0 Å². The second-order valence-electron chi connectivity index (χ2n) is 5.35. The number of amides is 2. The summed E-state index contributed by atoms with van der Waals surface area (Å²) in [5, 5.41) is 9.59. The Bertz CT molecular complexity index is 609. The Morgan fingerprint density at radius 2 is 2.09 bits per heavy atom. The molecule has 1 rings (SSSR count). The predicted octanol–water partition coefficient (Wildman–Crippen LogP) is 1.18. The molecule has 0 bridgehead atoms. The molecule has 0 aliphatic carbocycles. The van der Waals surface area contributed by atoms with Crippen molar-refractivity contribution in [3.8, 4) is 0 Å². The van der Waals surface area contributed by atoms with E-state index in [0.29, 0.717) is 5.82 Å². The van der Waals surface area contributed by atoms with Crippen molar-refractivity contribution in [1.29, 1.82) is 0 Å². The van der Waals surface area contributed by atoms with Gasteiger partial charge in [0, 0.05) is 26.7 Å². The molecule has 126 valence electrons. The Balaban J connectivity index is 2.60. The summed E-state index contributed by atoms with van der Waals surface area (Å²) in [4.78, 5) is 11.9. The van der Waals surface area contributed by atoms with E-state index in [-0.39, 0.29) is 18.3 Å². The van der Waals surface area contributed by atoms with Crippen LogP contribution in [0.15, 0.2) is 6.07 Å². The van der Waals surface area contributed by atoms with Crippen molar-refractivity contribution >= 4 is 21.9 Å². The standard InChI is InChI=1S/C13H25N5O3S/c1-6-11(3)18-12(9-10(2)16-18)15-13(19)14-7-8-22(20,21)17(4)5/h9,11H,6-8H2,1-5H3,(H2,14,15,19)/t11-/m0/s1. The van der Waals surface area contributed by atoms with Gasteiger partial charge in [0.1, 0.15) is 5.82 Å². The van der Waals surface area contributed by atoms with Crippen molar-refractivity contribution in [2.75, 3.05) is 31.7 Å². The Labute approximate surface area is 131 Å². The molecule has 9 heteroatoms. The Morgan fingerprint density at radius 3 is 2.64 bits per heavy atom. The highest BCUT2D eigenvalue weighted by atomic mass is 32.2. The average molecular weight is 331 g/mol. The maximum Gasteiger partial charge on any atom is 0.320 e. The fourth-order valence-electron chi connectivity index (χ4n) is 1.76. The minimum atomic E-state index is -3.31. The van der Waals surface area contributed by atoms with Crippen LogP contribution in [0.5, 0.6) is 0 Å². The van der Waals surface area contributed by atoms with Crippen LogP contribution >= 0.6 is 0 Å². The number of aromatic nitrogens is 2. The number of anilines is 1. The van der Waals surface area contributed by atoms with E-state index in [1.54, 1.807) is 10.7 Å². The number of aryl methyl sites for hydroxylation is 1. The molecule has 22 heavy (non-hydrogen) atoms. The highest BCUT2D eigenvalue weighted by Crippen LogP contribution is 2.18. The van der Waals surface area contributed by atoms with Crippen LogP contribution in [0.4, 0.5) is 10.6 Å². The molecule has 0 fully saturated rings. The van der Waals surface area contributed by atoms with Gasteiger partial charge in [-0.1, -0.05) is 6.92 Å². The van der Waals surface area contributed by atoms with Crippen molar-refractivity contribution in [3.63, 3.8) is 0 Å². The van der Waals surface area contributed by atoms with Crippen molar-refractivity contribution in [3.05, 3.63) is 11.8 Å². The second-order valence-corrected chi connectivity index (χ2v) is 7.65. The lowest BCUT2D eigenvalue weighted by Crippen LogP contribution is -2.36. The van der Waals surface area contributed by atoms with Crippen molar-refractivity contribution in [2.45, 2.75) is 33.2 Å². The largest absolute Gasteiger partial charge is 0.337 e. The molecule has 0 aromatic carbocycles. The third-order valence-electron chi connectivity index (χ3n) is 3.31. The van der Waals surface area contributed by atoms with Crippen LogP contribution in [0, 0.1) is 6.92 Å². The molecule has 0 aliphatic rings. The lowest BCUT2D eigenvalue weighted by atomic mass is 10.3. The van der Waals surface area contributed by atoms with Gasteiger partial charge < -0.3 is 5.32 Å². The minimum Gasteiger partial charge on any atom is -0.337 e. The molecule has 0 saturated carbocycles. The fourth-order valence-corrected chi connectivity index (χ4v) is 2.48. The summed E-state index contributed by atoms with van der Waals surface area (Å²) in [5.74, 6) is 0.455. The summed E-state index contributed by atoms with van der Waals surface area (Å²) in [7, 11) is -0.393. The normalized spacial score (nSPS) is 13.2. The Kier molecular flexibility index (Phi) is 6.36. The molecule has 1 aromatic rings. The first kappa shape index (κ1) is 18.4. The van der Waals surface area contributed by atoms with E-state index in [0.717, 1.165) is 16.4 Å². The molecule has 2 amide bonds. The van der Waals surface area contributed by atoms with Crippen LogP contribution in [-0.2, 0) is 10.0 Å². The maximum absolute atomic E-state index is 11.9. The average Bonchev–Trinajstić information content (AvgIpc) is 2.78. The summed E-state index contributed by atoms with van der Waals surface area (Å²) in [6, 6.07) is 1.50. The van der Waals surface area contributed by atoms with Crippen LogP contribution in [0.3, 0.4) is 0 Å². The van der Waals surface area contributed by atoms with E-state index in [4.69, 9.17) is 0 Å². The molecule has 0 radical (unpaired) electrons. The molecule has 1 atom stereocenters. The molecular weight excluding hydrogens is 306 g/mol. The summed E-state index contributed by atoms with van der Waals surface area (Å²) >= 11 is 0. The summed E-state index contributed by atoms with van der Waals surface area (Å²) in [6.45, 7) is 5.95. The van der Waals surface area contributed by atoms with Gasteiger partial charge in [0.15, 0.2) is 0 Å². The number of nitrogens with one attached hydrogen (secondary N) is 2. The van der Waals surface area contributed by atoms with Gasteiger partial charge in [-0.2, -0.15) is 5.10 Å². The lowest BCUT2D eigenvalue weighted by Gasteiger charge is -2.15. The Hall–Kier alpha value is -1.61. The van der Waals surface area contributed by atoms with Gasteiger partial charge in [-0.25, -0.2) is 22.2 Å². The number of hydrogen-bond acceptors (Lipinski definition) is 4.